The molecule has 2 N–H and O–H groups in total. The van der Waals surface area contributed by atoms with Crippen molar-refractivity contribution in [2.24, 2.45) is 17.1 Å². The van der Waals surface area contributed by atoms with Gasteiger partial charge in [-0.1, -0.05) is 6.92 Å². The van der Waals surface area contributed by atoms with E-state index in [9.17, 15) is 4.79 Å². The lowest BCUT2D eigenvalue weighted by atomic mass is 9.80. The molecule has 0 aliphatic carbocycles. The molecule has 0 spiro atoms. The zero-order valence-electron chi connectivity index (χ0n) is 10.9. The third-order valence-electron chi connectivity index (χ3n) is 4.47. The minimum Gasteiger partial charge on any atom is -0.378 e. The SMILES string of the molecule is CC1OCCC1C(=O)N1CCC(C)(CN)CC1. The smallest absolute Gasteiger partial charge is 0.228 e. The Labute approximate surface area is 103 Å². The number of nitrogens with zero attached hydrogens (tertiary/aromatic N) is 1. The van der Waals surface area contributed by atoms with E-state index in [1.165, 1.54) is 0 Å². The van der Waals surface area contributed by atoms with Crippen molar-refractivity contribution in [3.05, 3.63) is 0 Å². The Morgan fingerprint density at radius 2 is 2.12 bits per heavy atom. The average Bonchev–Trinajstić information content (AvgIpc) is 2.76. The standard InChI is InChI=1S/C13H24N2O2/c1-10-11(3-8-17-10)12(16)15-6-4-13(2,9-14)5-7-15/h10-11H,3-9,14H2,1-2H3. The number of likely N-dealkylation sites (tertiary alicyclic amines) is 1. The van der Waals surface area contributed by atoms with Crippen LogP contribution >= 0.6 is 0 Å². The summed E-state index contributed by atoms with van der Waals surface area (Å²) in [5.74, 6) is 0.367. The third kappa shape index (κ3) is 2.63. The van der Waals surface area contributed by atoms with Gasteiger partial charge in [-0.25, -0.2) is 0 Å². The summed E-state index contributed by atoms with van der Waals surface area (Å²) in [7, 11) is 0. The molecule has 0 aromatic heterocycles. The Kier molecular flexibility index (Phi) is 3.73. The quantitative estimate of drug-likeness (QED) is 0.783. The maximum atomic E-state index is 12.3. The van der Waals surface area contributed by atoms with E-state index < -0.39 is 0 Å². The van der Waals surface area contributed by atoms with Gasteiger partial charge in [-0.3, -0.25) is 4.79 Å². The molecule has 98 valence electrons. The number of nitrogens with two attached hydrogens (primary N) is 1. The number of amides is 1. The maximum Gasteiger partial charge on any atom is 0.228 e. The van der Waals surface area contributed by atoms with Crippen LogP contribution in [0.5, 0.6) is 0 Å². The Balaban J connectivity index is 1.90. The van der Waals surface area contributed by atoms with Crippen molar-refractivity contribution in [2.75, 3.05) is 26.2 Å². The Hall–Kier alpha value is -0.610. The molecule has 0 radical (unpaired) electrons. The van der Waals surface area contributed by atoms with E-state index in [1.54, 1.807) is 0 Å². The lowest BCUT2D eigenvalue weighted by molar-refractivity contribution is -0.139. The van der Waals surface area contributed by atoms with Gasteiger partial charge in [0.25, 0.3) is 0 Å². The first kappa shape index (κ1) is 12.8. The van der Waals surface area contributed by atoms with E-state index in [2.05, 4.69) is 6.92 Å². The molecule has 2 heterocycles. The van der Waals surface area contributed by atoms with Gasteiger partial charge in [0.05, 0.1) is 12.0 Å². The zero-order valence-corrected chi connectivity index (χ0v) is 10.9. The summed E-state index contributed by atoms with van der Waals surface area (Å²) in [6.45, 7) is 7.38. The molecule has 2 atom stereocenters. The van der Waals surface area contributed by atoms with E-state index in [4.69, 9.17) is 10.5 Å². The molecular weight excluding hydrogens is 216 g/mol. The number of rotatable bonds is 2. The van der Waals surface area contributed by atoms with Crippen molar-refractivity contribution in [2.45, 2.75) is 39.2 Å². The highest BCUT2D eigenvalue weighted by Crippen LogP contribution is 2.31. The summed E-state index contributed by atoms with van der Waals surface area (Å²) in [5, 5.41) is 0. The average molecular weight is 240 g/mol. The van der Waals surface area contributed by atoms with Crippen LogP contribution in [-0.2, 0) is 9.53 Å². The molecule has 0 aromatic carbocycles. The van der Waals surface area contributed by atoms with E-state index in [-0.39, 0.29) is 23.3 Å². The van der Waals surface area contributed by atoms with E-state index >= 15 is 0 Å². The van der Waals surface area contributed by atoms with Gasteiger partial charge in [-0.2, -0.15) is 0 Å². The second-order valence-corrected chi connectivity index (χ2v) is 5.81. The Bertz CT molecular complexity index is 285. The van der Waals surface area contributed by atoms with Crippen LogP contribution in [0.3, 0.4) is 0 Å². The summed E-state index contributed by atoms with van der Waals surface area (Å²) in [6, 6.07) is 0. The largest absolute Gasteiger partial charge is 0.378 e. The topological polar surface area (TPSA) is 55.6 Å². The second-order valence-electron chi connectivity index (χ2n) is 5.81. The monoisotopic (exact) mass is 240 g/mol. The molecular formula is C13H24N2O2. The van der Waals surface area contributed by atoms with Crippen molar-refractivity contribution in [3.8, 4) is 0 Å². The first-order valence-electron chi connectivity index (χ1n) is 6.66. The Morgan fingerprint density at radius 3 is 2.59 bits per heavy atom. The molecule has 4 nitrogen and oxygen atoms in total. The molecule has 2 rings (SSSR count). The first-order chi connectivity index (χ1) is 8.06. The third-order valence-corrected chi connectivity index (χ3v) is 4.47. The maximum absolute atomic E-state index is 12.3. The normalized spacial score (nSPS) is 32.8. The van der Waals surface area contributed by atoms with Crippen LogP contribution in [-0.4, -0.2) is 43.2 Å². The molecule has 0 bridgehead atoms. The number of hydrogen-bond donors (Lipinski definition) is 1. The van der Waals surface area contributed by atoms with Crippen molar-refractivity contribution >= 4 is 5.91 Å². The number of carbonyl (C=O) groups is 1. The Morgan fingerprint density at radius 1 is 1.47 bits per heavy atom. The fourth-order valence-electron chi connectivity index (χ4n) is 2.76. The summed E-state index contributed by atoms with van der Waals surface area (Å²) in [4.78, 5) is 14.3. The summed E-state index contributed by atoms with van der Waals surface area (Å²) in [6.07, 6.45) is 3.02. The molecule has 2 fully saturated rings. The van der Waals surface area contributed by atoms with Gasteiger partial charge in [0.15, 0.2) is 0 Å². The van der Waals surface area contributed by atoms with Crippen LogP contribution < -0.4 is 5.73 Å². The zero-order chi connectivity index (χ0) is 12.5. The van der Waals surface area contributed by atoms with Crippen molar-refractivity contribution in [3.63, 3.8) is 0 Å². The fourth-order valence-corrected chi connectivity index (χ4v) is 2.76. The highest BCUT2D eigenvalue weighted by Gasteiger charge is 2.37. The highest BCUT2D eigenvalue weighted by atomic mass is 16.5. The van der Waals surface area contributed by atoms with Crippen LogP contribution in [0.2, 0.25) is 0 Å². The van der Waals surface area contributed by atoms with Gasteiger partial charge in [0, 0.05) is 19.7 Å². The van der Waals surface area contributed by atoms with Crippen LogP contribution in [0.1, 0.15) is 33.1 Å². The number of hydrogen-bond acceptors (Lipinski definition) is 3. The van der Waals surface area contributed by atoms with Crippen molar-refractivity contribution in [1.82, 2.24) is 4.90 Å². The molecule has 2 aliphatic rings. The minimum atomic E-state index is 0.0808. The fraction of sp³-hybridized carbons (Fsp3) is 0.923. The van der Waals surface area contributed by atoms with Crippen molar-refractivity contribution in [1.29, 1.82) is 0 Å². The van der Waals surface area contributed by atoms with E-state index in [0.29, 0.717) is 0 Å². The second kappa shape index (κ2) is 4.94. The van der Waals surface area contributed by atoms with E-state index in [1.807, 2.05) is 11.8 Å². The predicted molar refractivity (Wildman–Crippen MR) is 66.5 cm³/mol. The minimum absolute atomic E-state index is 0.0808. The van der Waals surface area contributed by atoms with Gasteiger partial charge in [0.2, 0.25) is 5.91 Å². The molecule has 17 heavy (non-hydrogen) atoms. The van der Waals surface area contributed by atoms with Gasteiger partial charge < -0.3 is 15.4 Å². The molecule has 4 heteroatoms. The summed E-state index contributed by atoms with van der Waals surface area (Å²) >= 11 is 0. The van der Waals surface area contributed by atoms with Crippen LogP contribution in [0.15, 0.2) is 0 Å². The van der Waals surface area contributed by atoms with Crippen LogP contribution in [0.4, 0.5) is 0 Å². The molecule has 2 aliphatic heterocycles. The lowest BCUT2D eigenvalue weighted by Gasteiger charge is -2.39. The number of piperidine rings is 1. The van der Waals surface area contributed by atoms with Gasteiger partial charge in [-0.05, 0) is 38.1 Å². The van der Waals surface area contributed by atoms with Crippen LogP contribution in [0, 0.1) is 11.3 Å². The van der Waals surface area contributed by atoms with E-state index in [0.717, 1.165) is 45.5 Å². The predicted octanol–water partition coefficient (Wildman–Crippen LogP) is 0.999. The number of ether oxygens (including phenoxy) is 1. The molecule has 1 amide bonds. The molecule has 0 saturated carbocycles. The lowest BCUT2D eigenvalue weighted by Crippen LogP contribution is -2.47. The molecule has 2 unspecified atom stereocenters. The van der Waals surface area contributed by atoms with Crippen molar-refractivity contribution < 1.29 is 9.53 Å². The summed E-state index contributed by atoms with van der Waals surface area (Å²) < 4.78 is 5.47. The first-order valence-corrected chi connectivity index (χ1v) is 6.66. The van der Waals surface area contributed by atoms with Gasteiger partial charge >= 0.3 is 0 Å². The highest BCUT2D eigenvalue weighted by molar-refractivity contribution is 5.79. The molecule has 2 saturated heterocycles. The van der Waals surface area contributed by atoms with Gasteiger partial charge in [0.1, 0.15) is 0 Å². The van der Waals surface area contributed by atoms with Gasteiger partial charge in [-0.15, -0.1) is 0 Å². The molecule has 0 aromatic rings. The van der Waals surface area contributed by atoms with Crippen LogP contribution in [0.25, 0.3) is 0 Å². The number of carbonyl (C=O) groups excluding carboxylic acids is 1. The summed E-state index contributed by atoms with van der Waals surface area (Å²) in [5.41, 5.74) is 6.01.